The normalized spacial score (nSPS) is 10.8. The van der Waals surface area contributed by atoms with Gasteiger partial charge in [-0.15, -0.1) is 10.2 Å². The molecule has 0 fully saturated rings. The van der Waals surface area contributed by atoms with E-state index in [0.717, 1.165) is 11.3 Å². The molecule has 3 nitrogen and oxygen atoms in total. The minimum atomic E-state index is 0.513. The van der Waals surface area contributed by atoms with Crippen molar-refractivity contribution in [3.05, 3.63) is 64.7 Å². The Bertz CT molecular complexity index is 740. The lowest BCUT2D eigenvalue weighted by Crippen LogP contribution is -1.85. The zero-order valence-corrected chi connectivity index (χ0v) is 13.0. The summed E-state index contributed by atoms with van der Waals surface area (Å²) < 4.78 is 5.67. The van der Waals surface area contributed by atoms with E-state index >= 15 is 0 Å². The summed E-state index contributed by atoms with van der Waals surface area (Å²) in [6.07, 6.45) is 0. The van der Waals surface area contributed by atoms with Crippen LogP contribution in [-0.2, 0) is 5.75 Å². The van der Waals surface area contributed by atoms with Gasteiger partial charge in [0.2, 0.25) is 5.89 Å². The predicted molar refractivity (Wildman–Crippen MR) is 85.5 cm³/mol. The van der Waals surface area contributed by atoms with E-state index in [2.05, 4.69) is 29.3 Å². The highest BCUT2D eigenvalue weighted by atomic mass is 35.5. The summed E-state index contributed by atoms with van der Waals surface area (Å²) in [7, 11) is 0. The van der Waals surface area contributed by atoms with E-state index in [4.69, 9.17) is 16.0 Å². The minimum Gasteiger partial charge on any atom is -0.411 e. The summed E-state index contributed by atoms with van der Waals surface area (Å²) in [6.45, 7) is 2.10. The Balaban J connectivity index is 1.71. The summed E-state index contributed by atoms with van der Waals surface area (Å²) in [5.41, 5.74) is 3.41. The van der Waals surface area contributed by atoms with Gasteiger partial charge >= 0.3 is 0 Å². The van der Waals surface area contributed by atoms with Gasteiger partial charge in [-0.05, 0) is 42.3 Å². The third-order valence-corrected chi connectivity index (χ3v) is 4.23. The van der Waals surface area contributed by atoms with E-state index in [1.165, 1.54) is 22.9 Å². The first-order valence-electron chi connectivity index (χ1n) is 6.49. The Kier molecular flexibility index (Phi) is 4.27. The highest BCUT2D eigenvalue weighted by molar-refractivity contribution is 7.98. The molecule has 0 aliphatic rings. The molecule has 0 amide bonds. The molecule has 2 aromatic carbocycles. The first kappa shape index (κ1) is 14.2. The molecule has 0 aliphatic heterocycles. The molecule has 3 aromatic rings. The Labute approximate surface area is 132 Å². The molecule has 3 rings (SSSR count). The van der Waals surface area contributed by atoms with Crippen molar-refractivity contribution in [1.29, 1.82) is 0 Å². The molecule has 0 atom stereocenters. The fourth-order valence-corrected chi connectivity index (χ4v) is 2.85. The molecule has 5 heteroatoms. The topological polar surface area (TPSA) is 38.9 Å². The fraction of sp³-hybridized carbons (Fsp3) is 0.125. The van der Waals surface area contributed by atoms with Crippen LogP contribution in [0, 0.1) is 6.92 Å². The molecule has 1 aromatic heterocycles. The molecule has 1 heterocycles. The second kappa shape index (κ2) is 6.33. The highest BCUT2D eigenvalue weighted by Crippen LogP contribution is 2.27. The Morgan fingerprint density at radius 3 is 2.57 bits per heavy atom. The van der Waals surface area contributed by atoms with Gasteiger partial charge < -0.3 is 4.42 Å². The van der Waals surface area contributed by atoms with Crippen LogP contribution in [0.4, 0.5) is 0 Å². The van der Waals surface area contributed by atoms with Crippen LogP contribution in [0.3, 0.4) is 0 Å². The van der Waals surface area contributed by atoms with Crippen LogP contribution in [0.1, 0.15) is 11.1 Å². The second-order valence-electron chi connectivity index (χ2n) is 4.60. The Hall–Kier alpha value is -1.78. The van der Waals surface area contributed by atoms with Crippen LogP contribution in [0.5, 0.6) is 0 Å². The van der Waals surface area contributed by atoms with E-state index in [9.17, 15) is 0 Å². The monoisotopic (exact) mass is 316 g/mol. The summed E-state index contributed by atoms with van der Waals surface area (Å²) in [5.74, 6) is 1.33. The quantitative estimate of drug-likeness (QED) is 0.636. The molecule has 0 saturated carbocycles. The van der Waals surface area contributed by atoms with Gasteiger partial charge in [-0.2, -0.15) is 0 Å². The highest BCUT2D eigenvalue weighted by Gasteiger charge is 2.09. The van der Waals surface area contributed by atoms with Gasteiger partial charge in [-0.3, -0.25) is 0 Å². The number of nitrogens with zero attached hydrogens (tertiary/aromatic N) is 2. The van der Waals surface area contributed by atoms with E-state index in [-0.39, 0.29) is 0 Å². The van der Waals surface area contributed by atoms with E-state index in [1.807, 2.05) is 24.3 Å². The van der Waals surface area contributed by atoms with E-state index in [0.29, 0.717) is 16.1 Å². The lowest BCUT2D eigenvalue weighted by Gasteiger charge is -2.02. The van der Waals surface area contributed by atoms with Crippen molar-refractivity contribution in [3.8, 4) is 11.5 Å². The number of halogens is 1. The van der Waals surface area contributed by atoms with Crippen molar-refractivity contribution in [2.75, 3.05) is 0 Å². The van der Waals surface area contributed by atoms with Crippen LogP contribution < -0.4 is 0 Å². The summed E-state index contributed by atoms with van der Waals surface area (Å²) >= 11 is 7.41. The van der Waals surface area contributed by atoms with E-state index in [1.54, 1.807) is 12.1 Å². The van der Waals surface area contributed by atoms with Gasteiger partial charge in [0.25, 0.3) is 5.22 Å². The third kappa shape index (κ3) is 3.46. The molecule has 21 heavy (non-hydrogen) atoms. The summed E-state index contributed by atoms with van der Waals surface area (Å²) in [5, 5.41) is 9.40. The number of aryl methyl sites for hydroxylation is 1. The Morgan fingerprint density at radius 1 is 1.05 bits per heavy atom. The molecule has 0 spiro atoms. The average Bonchev–Trinajstić information content (AvgIpc) is 2.96. The van der Waals surface area contributed by atoms with Crippen molar-refractivity contribution in [2.24, 2.45) is 0 Å². The number of hydrogen-bond acceptors (Lipinski definition) is 4. The first-order valence-corrected chi connectivity index (χ1v) is 7.85. The predicted octanol–water partition coefficient (Wildman–Crippen LogP) is 4.99. The van der Waals surface area contributed by atoms with Crippen molar-refractivity contribution >= 4 is 23.4 Å². The van der Waals surface area contributed by atoms with Crippen LogP contribution in [-0.4, -0.2) is 10.2 Å². The minimum absolute atomic E-state index is 0.513. The number of benzene rings is 2. The number of hydrogen-bond donors (Lipinski definition) is 0. The van der Waals surface area contributed by atoms with Crippen molar-refractivity contribution in [1.82, 2.24) is 10.2 Å². The smallest absolute Gasteiger partial charge is 0.277 e. The second-order valence-corrected chi connectivity index (χ2v) is 5.96. The summed E-state index contributed by atoms with van der Waals surface area (Å²) in [6, 6.07) is 15.6. The first-order chi connectivity index (χ1) is 10.2. The zero-order chi connectivity index (χ0) is 14.7. The lowest BCUT2D eigenvalue weighted by molar-refractivity contribution is 0.466. The number of rotatable bonds is 4. The number of thioether (sulfide) groups is 1. The molecular formula is C16H13ClN2OS. The van der Waals surface area contributed by atoms with Gasteiger partial charge in [0, 0.05) is 16.3 Å². The number of aromatic nitrogens is 2. The molecule has 0 aliphatic carbocycles. The summed E-state index contributed by atoms with van der Waals surface area (Å²) in [4.78, 5) is 0. The largest absolute Gasteiger partial charge is 0.411 e. The standard InChI is InChI=1S/C16H13ClN2OS/c1-11-4-2-3-5-13(11)10-21-16-19-18-15(20-16)12-6-8-14(17)9-7-12/h2-9H,10H2,1H3. The van der Waals surface area contributed by atoms with Crippen LogP contribution in [0.25, 0.3) is 11.5 Å². The van der Waals surface area contributed by atoms with Gasteiger partial charge in [0.1, 0.15) is 0 Å². The van der Waals surface area contributed by atoms with Crippen molar-refractivity contribution < 1.29 is 4.42 Å². The Morgan fingerprint density at radius 2 is 1.81 bits per heavy atom. The third-order valence-electron chi connectivity index (χ3n) is 3.11. The van der Waals surface area contributed by atoms with Crippen molar-refractivity contribution in [3.63, 3.8) is 0 Å². The fourth-order valence-electron chi connectivity index (χ4n) is 1.89. The van der Waals surface area contributed by atoms with Gasteiger partial charge in [-0.25, -0.2) is 0 Å². The van der Waals surface area contributed by atoms with Crippen LogP contribution in [0.15, 0.2) is 58.2 Å². The van der Waals surface area contributed by atoms with Gasteiger partial charge in [0.15, 0.2) is 0 Å². The maximum Gasteiger partial charge on any atom is 0.277 e. The molecule has 0 saturated heterocycles. The maximum absolute atomic E-state index is 5.87. The maximum atomic E-state index is 5.87. The van der Waals surface area contributed by atoms with Gasteiger partial charge in [0.05, 0.1) is 0 Å². The molecule has 0 N–H and O–H groups in total. The van der Waals surface area contributed by atoms with Crippen molar-refractivity contribution in [2.45, 2.75) is 17.9 Å². The van der Waals surface area contributed by atoms with Gasteiger partial charge in [-0.1, -0.05) is 47.6 Å². The van der Waals surface area contributed by atoms with Crippen LogP contribution >= 0.6 is 23.4 Å². The SMILES string of the molecule is Cc1ccccc1CSc1nnc(-c2ccc(Cl)cc2)o1. The molecule has 0 unspecified atom stereocenters. The lowest BCUT2D eigenvalue weighted by atomic mass is 10.1. The molecule has 106 valence electrons. The van der Waals surface area contributed by atoms with E-state index < -0.39 is 0 Å². The molecular weight excluding hydrogens is 304 g/mol. The molecule has 0 bridgehead atoms. The zero-order valence-electron chi connectivity index (χ0n) is 11.4. The van der Waals surface area contributed by atoms with Crippen LogP contribution in [0.2, 0.25) is 5.02 Å². The molecule has 0 radical (unpaired) electrons. The average molecular weight is 317 g/mol.